The number of hydrogen-bond donors (Lipinski definition) is 0. The van der Waals surface area contributed by atoms with E-state index in [2.05, 4.69) is 20.5 Å². The van der Waals surface area contributed by atoms with Crippen molar-refractivity contribution in [2.45, 2.75) is 32.0 Å². The third-order valence-electron chi connectivity index (χ3n) is 5.24. The number of likely N-dealkylation sites (tertiary alicyclic amines) is 1. The third-order valence-corrected chi connectivity index (χ3v) is 5.24. The number of carbonyl (C=O) groups excluding carboxylic acids is 1. The Balaban J connectivity index is 1.64. The zero-order valence-corrected chi connectivity index (χ0v) is 14.6. The van der Waals surface area contributed by atoms with E-state index in [0.717, 1.165) is 30.2 Å². The number of ether oxygens (including phenoxy) is 1. The molecule has 0 aliphatic carbocycles. The Bertz CT molecular complexity index is 751. The molecule has 1 atom stereocenters. The van der Waals surface area contributed by atoms with E-state index < -0.39 is 0 Å². The topological polar surface area (TPSA) is 50.6 Å². The van der Waals surface area contributed by atoms with Crippen LogP contribution in [0.15, 0.2) is 36.7 Å². The van der Waals surface area contributed by atoms with Gasteiger partial charge in [0.2, 0.25) is 5.91 Å². The van der Waals surface area contributed by atoms with Crippen LogP contribution < -0.4 is 4.74 Å². The van der Waals surface area contributed by atoms with Crippen LogP contribution in [0.1, 0.15) is 30.3 Å². The number of aromatic nitrogens is 2. The number of hydrogen-bond acceptors (Lipinski definition) is 4. The molecule has 2 aliphatic rings. The minimum absolute atomic E-state index is 0.0343. The number of rotatable bonds is 4. The standard InChI is InChI=1S/C19H24N4O2/c1-25-17-7-3-2-6-15(17)16-12-22-11-8-20-18(22)13-23(16)19(24)14-21-9-4-5-10-21/h2-3,6-8,11,16H,4-5,9-10,12-14H2,1H3/t16-/m0/s1. The highest BCUT2D eigenvalue weighted by Crippen LogP contribution is 2.34. The Kier molecular flexibility index (Phi) is 4.44. The van der Waals surface area contributed by atoms with E-state index in [1.165, 1.54) is 12.8 Å². The fraction of sp³-hybridized carbons (Fsp3) is 0.474. The van der Waals surface area contributed by atoms with Crippen LogP contribution in [0.4, 0.5) is 0 Å². The molecule has 1 aromatic carbocycles. The lowest BCUT2D eigenvalue weighted by molar-refractivity contribution is -0.136. The maximum Gasteiger partial charge on any atom is 0.237 e. The summed E-state index contributed by atoms with van der Waals surface area (Å²) in [6, 6.07) is 7.95. The summed E-state index contributed by atoms with van der Waals surface area (Å²) in [5.41, 5.74) is 1.05. The van der Waals surface area contributed by atoms with Crippen LogP contribution in [-0.4, -0.2) is 52.0 Å². The van der Waals surface area contributed by atoms with Crippen molar-refractivity contribution in [2.75, 3.05) is 26.7 Å². The van der Waals surface area contributed by atoms with Gasteiger partial charge < -0.3 is 14.2 Å². The number of nitrogens with zero attached hydrogens (tertiary/aromatic N) is 4. The highest BCUT2D eigenvalue weighted by Gasteiger charge is 2.33. The van der Waals surface area contributed by atoms with Gasteiger partial charge in [-0.15, -0.1) is 0 Å². The Hall–Kier alpha value is -2.34. The number of fused-ring (bicyclic) bond motifs is 1. The summed E-state index contributed by atoms with van der Waals surface area (Å²) < 4.78 is 7.69. The van der Waals surface area contributed by atoms with Crippen molar-refractivity contribution < 1.29 is 9.53 Å². The highest BCUT2D eigenvalue weighted by atomic mass is 16.5. The van der Waals surface area contributed by atoms with Crippen molar-refractivity contribution in [3.63, 3.8) is 0 Å². The van der Waals surface area contributed by atoms with E-state index in [-0.39, 0.29) is 11.9 Å². The van der Waals surface area contributed by atoms with Gasteiger partial charge in [-0.3, -0.25) is 9.69 Å². The summed E-state index contributed by atoms with van der Waals surface area (Å²) in [6.07, 6.45) is 6.17. The van der Waals surface area contributed by atoms with Crippen molar-refractivity contribution in [3.8, 4) is 5.75 Å². The molecule has 132 valence electrons. The summed E-state index contributed by atoms with van der Waals surface area (Å²) in [4.78, 5) is 21.7. The Morgan fingerprint density at radius 2 is 2.08 bits per heavy atom. The molecule has 0 saturated carbocycles. The van der Waals surface area contributed by atoms with Crippen LogP contribution in [0.3, 0.4) is 0 Å². The third kappa shape index (κ3) is 3.14. The van der Waals surface area contributed by atoms with Gasteiger partial charge in [0, 0.05) is 24.5 Å². The first-order valence-corrected chi connectivity index (χ1v) is 8.91. The van der Waals surface area contributed by atoms with Gasteiger partial charge in [0.1, 0.15) is 11.6 Å². The van der Waals surface area contributed by atoms with E-state index in [1.807, 2.05) is 35.5 Å². The Morgan fingerprint density at radius 1 is 1.28 bits per heavy atom. The molecule has 0 radical (unpaired) electrons. The molecule has 1 aromatic heterocycles. The van der Waals surface area contributed by atoms with Gasteiger partial charge in [-0.25, -0.2) is 4.98 Å². The smallest absolute Gasteiger partial charge is 0.237 e. The molecule has 0 bridgehead atoms. The van der Waals surface area contributed by atoms with E-state index >= 15 is 0 Å². The molecule has 0 unspecified atom stereocenters. The fourth-order valence-electron chi connectivity index (χ4n) is 3.90. The molecule has 2 aliphatic heterocycles. The lowest BCUT2D eigenvalue weighted by Crippen LogP contribution is -2.45. The number of imidazole rings is 1. The Labute approximate surface area is 148 Å². The van der Waals surface area contributed by atoms with Gasteiger partial charge in [0.05, 0.1) is 26.2 Å². The van der Waals surface area contributed by atoms with Crippen molar-refractivity contribution in [3.05, 3.63) is 48.0 Å². The van der Waals surface area contributed by atoms with Crippen LogP contribution in [0.5, 0.6) is 5.75 Å². The maximum atomic E-state index is 13.1. The van der Waals surface area contributed by atoms with Gasteiger partial charge in [-0.2, -0.15) is 0 Å². The summed E-state index contributed by atoms with van der Waals surface area (Å²) in [5, 5.41) is 0. The second-order valence-electron chi connectivity index (χ2n) is 6.76. The first-order valence-electron chi connectivity index (χ1n) is 8.91. The molecule has 2 aromatic rings. The molecule has 6 heteroatoms. The molecule has 1 amide bonds. The monoisotopic (exact) mass is 340 g/mol. The molecule has 4 rings (SSSR count). The molecular formula is C19H24N4O2. The molecular weight excluding hydrogens is 316 g/mol. The van der Waals surface area contributed by atoms with Crippen molar-refractivity contribution >= 4 is 5.91 Å². The first kappa shape index (κ1) is 16.1. The number of benzene rings is 1. The second-order valence-corrected chi connectivity index (χ2v) is 6.76. The summed E-state index contributed by atoms with van der Waals surface area (Å²) in [6.45, 7) is 3.79. The summed E-state index contributed by atoms with van der Waals surface area (Å²) in [5.74, 6) is 1.95. The van der Waals surface area contributed by atoms with Crippen molar-refractivity contribution in [1.82, 2.24) is 19.4 Å². The number of carbonyl (C=O) groups is 1. The van der Waals surface area contributed by atoms with Crippen molar-refractivity contribution in [2.24, 2.45) is 0 Å². The zero-order chi connectivity index (χ0) is 17.2. The van der Waals surface area contributed by atoms with Gasteiger partial charge in [-0.1, -0.05) is 18.2 Å². The number of methoxy groups -OCH3 is 1. The molecule has 1 fully saturated rings. The average molecular weight is 340 g/mol. The predicted octanol–water partition coefficient (Wildman–Crippen LogP) is 2.07. The molecule has 6 nitrogen and oxygen atoms in total. The van der Waals surface area contributed by atoms with E-state index in [4.69, 9.17) is 4.74 Å². The van der Waals surface area contributed by atoms with Crippen LogP contribution in [-0.2, 0) is 17.9 Å². The quantitative estimate of drug-likeness (QED) is 0.855. The van der Waals surface area contributed by atoms with Gasteiger partial charge in [0.15, 0.2) is 0 Å². The van der Waals surface area contributed by atoms with E-state index in [9.17, 15) is 4.79 Å². The van der Waals surface area contributed by atoms with Crippen LogP contribution >= 0.6 is 0 Å². The van der Waals surface area contributed by atoms with E-state index in [0.29, 0.717) is 19.6 Å². The molecule has 3 heterocycles. The lowest BCUT2D eigenvalue weighted by atomic mass is 10.0. The van der Waals surface area contributed by atoms with Crippen molar-refractivity contribution in [1.29, 1.82) is 0 Å². The van der Waals surface area contributed by atoms with Gasteiger partial charge >= 0.3 is 0 Å². The average Bonchev–Trinajstić information content (AvgIpc) is 3.31. The highest BCUT2D eigenvalue weighted by molar-refractivity contribution is 5.79. The second kappa shape index (κ2) is 6.88. The van der Waals surface area contributed by atoms with Crippen LogP contribution in [0.25, 0.3) is 0 Å². The molecule has 0 N–H and O–H groups in total. The minimum atomic E-state index is -0.0343. The largest absolute Gasteiger partial charge is 0.496 e. The predicted molar refractivity (Wildman–Crippen MR) is 94.2 cm³/mol. The lowest BCUT2D eigenvalue weighted by Gasteiger charge is -2.37. The van der Waals surface area contributed by atoms with Gasteiger partial charge in [-0.05, 0) is 32.0 Å². The first-order chi connectivity index (χ1) is 12.3. The zero-order valence-electron chi connectivity index (χ0n) is 14.6. The van der Waals surface area contributed by atoms with Crippen LogP contribution in [0, 0.1) is 0 Å². The maximum absolute atomic E-state index is 13.1. The van der Waals surface area contributed by atoms with Gasteiger partial charge in [0.25, 0.3) is 0 Å². The molecule has 25 heavy (non-hydrogen) atoms. The Morgan fingerprint density at radius 3 is 2.88 bits per heavy atom. The fourth-order valence-corrected chi connectivity index (χ4v) is 3.90. The number of amides is 1. The SMILES string of the molecule is COc1ccccc1[C@@H]1Cn2ccnc2CN1C(=O)CN1CCCC1. The summed E-state index contributed by atoms with van der Waals surface area (Å²) >= 11 is 0. The number of para-hydroxylation sites is 1. The minimum Gasteiger partial charge on any atom is -0.496 e. The molecule has 1 saturated heterocycles. The van der Waals surface area contributed by atoms with E-state index in [1.54, 1.807) is 7.11 Å². The van der Waals surface area contributed by atoms with Crippen LogP contribution in [0.2, 0.25) is 0 Å². The molecule has 0 spiro atoms. The normalized spacial score (nSPS) is 20.5. The summed E-state index contributed by atoms with van der Waals surface area (Å²) in [7, 11) is 1.68.